The molecule has 1 atom stereocenters. The van der Waals surface area contributed by atoms with Crippen LogP contribution in [-0.2, 0) is 11.3 Å². The summed E-state index contributed by atoms with van der Waals surface area (Å²) in [7, 11) is 1.92. The Morgan fingerprint density at radius 2 is 2.00 bits per heavy atom. The summed E-state index contributed by atoms with van der Waals surface area (Å²) in [6.07, 6.45) is 5.89. The van der Waals surface area contributed by atoms with E-state index in [4.69, 9.17) is 4.74 Å². The summed E-state index contributed by atoms with van der Waals surface area (Å²) in [5, 5.41) is 13.2. The fourth-order valence-corrected chi connectivity index (χ4v) is 3.64. The molecule has 1 aliphatic carbocycles. The third-order valence-electron chi connectivity index (χ3n) is 4.75. The number of nitrogens with one attached hydrogen (secondary N) is 1. The second-order valence-corrected chi connectivity index (χ2v) is 5.78. The van der Waals surface area contributed by atoms with Crippen LogP contribution in [0.5, 0.6) is 0 Å². The standard InChI is InChI=1S/C16H23NO2/c1-10-12(11-6-4-3-5-7-11)8-14(17-2)15-13(10)9-19-16(15)18/h8,11,16-18H,3-7,9H2,1-2H3. The summed E-state index contributed by atoms with van der Waals surface area (Å²) in [5.41, 5.74) is 5.96. The molecule has 104 valence electrons. The van der Waals surface area contributed by atoms with E-state index in [2.05, 4.69) is 18.3 Å². The second kappa shape index (κ2) is 5.14. The molecule has 0 radical (unpaired) electrons. The molecule has 2 aliphatic rings. The van der Waals surface area contributed by atoms with Gasteiger partial charge < -0.3 is 15.2 Å². The lowest BCUT2D eigenvalue weighted by Gasteiger charge is -2.26. The highest BCUT2D eigenvalue weighted by molar-refractivity contribution is 5.62. The molecular weight excluding hydrogens is 238 g/mol. The Kier molecular flexibility index (Phi) is 3.50. The summed E-state index contributed by atoms with van der Waals surface area (Å²) >= 11 is 0. The van der Waals surface area contributed by atoms with E-state index in [0.29, 0.717) is 12.5 Å². The number of fused-ring (bicyclic) bond motifs is 1. The van der Waals surface area contributed by atoms with Gasteiger partial charge in [-0.25, -0.2) is 0 Å². The topological polar surface area (TPSA) is 41.5 Å². The molecule has 1 aliphatic heterocycles. The molecule has 0 bridgehead atoms. The Balaban J connectivity index is 2.06. The van der Waals surface area contributed by atoms with E-state index in [0.717, 1.165) is 11.3 Å². The highest BCUT2D eigenvalue weighted by Crippen LogP contribution is 2.43. The number of hydrogen-bond donors (Lipinski definition) is 2. The van der Waals surface area contributed by atoms with Crippen LogP contribution in [0.1, 0.15) is 66.6 Å². The Morgan fingerprint density at radius 1 is 1.26 bits per heavy atom. The minimum absolute atomic E-state index is 0.539. The molecule has 0 aromatic heterocycles. The van der Waals surface area contributed by atoms with Gasteiger partial charge in [0.15, 0.2) is 6.29 Å². The van der Waals surface area contributed by atoms with Gasteiger partial charge in [0, 0.05) is 18.3 Å². The molecule has 2 N–H and O–H groups in total. The average Bonchev–Trinajstić information content (AvgIpc) is 2.84. The molecule has 1 aromatic rings. The first-order valence-corrected chi connectivity index (χ1v) is 7.36. The highest BCUT2D eigenvalue weighted by atomic mass is 16.6. The molecule has 3 nitrogen and oxygen atoms in total. The molecule has 1 unspecified atom stereocenters. The van der Waals surface area contributed by atoms with Crippen molar-refractivity contribution in [2.45, 2.75) is 57.8 Å². The minimum Gasteiger partial charge on any atom is -0.388 e. The van der Waals surface area contributed by atoms with Crippen LogP contribution in [0.2, 0.25) is 0 Å². The van der Waals surface area contributed by atoms with Gasteiger partial charge in [0.05, 0.1) is 6.61 Å². The van der Waals surface area contributed by atoms with E-state index >= 15 is 0 Å². The van der Waals surface area contributed by atoms with Crippen molar-refractivity contribution in [2.75, 3.05) is 12.4 Å². The van der Waals surface area contributed by atoms with Crippen molar-refractivity contribution in [3.05, 3.63) is 28.3 Å². The number of hydrogen-bond acceptors (Lipinski definition) is 3. The first kappa shape index (κ1) is 12.9. The number of aliphatic hydroxyl groups is 1. The first-order valence-electron chi connectivity index (χ1n) is 7.36. The van der Waals surface area contributed by atoms with Crippen molar-refractivity contribution < 1.29 is 9.84 Å². The van der Waals surface area contributed by atoms with Crippen LogP contribution in [0.3, 0.4) is 0 Å². The van der Waals surface area contributed by atoms with Crippen LogP contribution >= 0.6 is 0 Å². The van der Waals surface area contributed by atoms with Crippen molar-refractivity contribution >= 4 is 5.69 Å². The fraction of sp³-hybridized carbons (Fsp3) is 0.625. The molecule has 0 saturated heterocycles. The Hall–Kier alpha value is -1.06. The van der Waals surface area contributed by atoms with Gasteiger partial charge in [0.25, 0.3) is 0 Å². The van der Waals surface area contributed by atoms with Crippen LogP contribution in [0.15, 0.2) is 6.07 Å². The third kappa shape index (κ3) is 2.15. The maximum absolute atomic E-state index is 9.96. The lowest BCUT2D eigenvalue weighted by molar-refractivity contribution is -0.0915. The normalized spacial score (nSPS) is 23.4. The summed E-state index contributed by atoms with van der Waals surface area (Å²) in [5.74, 6) is 0.684. The van der Waals surface area contributed by atoms with Gasteiger partial charge in [-0.15, -0.1) is 0 Å². The molecule has 3 heteroatoms. The van der Waals surface area contributed by atoms with E-state index in [1.165, 1.54) is 48.8 Å². The zero-order chi connectivity index (χ0) is 13.4. The monoisotopic (exact) mass is 261 g/mol. The summed E-state index contributed by atoms with van der Waals surface area (Å²) in [4.78, 5) is 0. The number of anilines is 1. The number of ether oxygens (including phenoxy) is 1. The Bertz CT molecular complexity index is 478. The zero-order valence-corrected chi connectivity index (χ0v) is 11.8. The van der Waals surface area contributed by atoms with Crippen molar-refractivity contribution in [3.8, 4) is 0 Å². The van der Waals surface area contributed by atoms with E-state index in [9.17, 15) is 5.11 Å². The fourth-order valence-electron chi connectivity index (χ4n) is 3.64. The van der Waals surface area contributed by atoms with Crippen LogP contribution in [-0.4, -0.2) is 12.2 Å². The van der Waals surface area contributed by atoms with E-state index < -0.39 is 6.29 Å². The lowest BCUT2D eigenvalue weighted by atomic mass is 9.80. The lowest BCUT2D eigenvalue weighted by Crippen LogP contribution is -2.10. The Morgan fingerprint density at radius 3 is 2.68 bits per heavy atom. The van der Waals surface area contributed by atoms with Crippen molar-refractivity contribution in [1.82, 2.24) is 0 Å². The summed E-state index contributed by atoms with van der Waals surface area (Å²) in [6, 6.07) is 2.24. The van der Waals surface area contributed by atoms with Gasteiger partial charge >= 0.3 is 0 Å². The predicted molar refractivity (Wildman–Crippen MR) is 76.3 cm³/mol. The second-order valence-electron chi connectivity index (χ2n) is 5.78. The molecule has 1 saturated carbocycles. The maximum Gasteiger partial charge on any atom is 0.183 e. The van der Waals surface area contributed by atoms with Crippen LogP contribution < -0.4 is 5.32 Å². The maximum atomic E-state index is 9.96. The molecule has 1 fully saturated rings. The Labute approximate surface area is 115 Å². The van der Waals surface area contributed by atoms with Gasteiger partial charge in [0.2, 0.25) is 0 Å². The molecule has 1 aromatic carbocycles. The van der Waals surface area contributed by atoms with Crippen molar-refractivity contribution in [1.29, 1.82) is 0 Å². The van der Waals surface area contributed by atoms with E-state index in [1.807, 2.05) is 7.05 Å². The van der Waals surface area contributed by atoms with Crippen LogP contribution in [0.25, 0.3) is 0 Å². The first-order chi connectivity index (χ1) is 9.22. The predicted octanol–water partition coefficient (Wildman–Crippen LogP) is 3.61. The zero-order valence-electron chi connectivity index (χ0n) is 11.8. The minimum atomic E-state index is -0.767. The van der Waals surface area contributed by atoms with Gasteiger partial charge in [-0.2, -0.15) is 0 Å². The van der Waals surface area contributed by atoms with Gasteiger partial charge in [-0.05, 0) is 48.4 Å². The average molecular weight is 261 g/mol. The number of benzene rings is 1. The number of rotatable bonds is 2. The van der Waals surface area contributed by atoms with Gasteiger partial charge in [-0.1, -0.05) is 19.3 Å². The van der Waals surface area contributed by atoms with Gasteiger partial charge in [0.1, 0.15) is 0 Å². The van der Waals surface area contributed by atoms with E-state index in [-0.39, 0.29) is 0 Å². The van der Waals surface area contributed by atoms with Gasteiger partial charge in [-0.3, -0.25) is 0 Å². The molecule has 3 rings (SSSR count). The molecule has 1 heterocycles. The quantitative estimate of drug-likeness (QED) is 0.854. The largest absolute Gasteiger partial charge is 0.388 e. The summed E-state index contributed by atoms with van der Waals surface area (Å²) in [6.45, 7) is 2.72. The molecule has 0 spiro atoms. The third-order valence-corrected chi connectivity index (χ3v) is 4.75. The molecule has 19 heavy (non-hydrogen) atoms. The van der Waals surface area contributed by atoms with Crippen molar-refractivity contribution in [3.63, 3.8) is 0 Å². The van der Waals surface area contributed by atoms with E-state index in [1.54, 1.807) is 0 Å². The van der Waals surface area contributed by atoms with Crippen molar-refractivity contribution in [2.24, 2.45) is 0 Å². The smallest absolute Gasteiger partial charge is 0.183 e. The molecular formula is C16H23NO2. The molecule has 0 amide bonds. The summed E-state index contributed by atoms with van der Waals surface area (Å²) < 4.78 is 5.40. The van der Waals surface area contributed by atoms with Crippen LogP contribution in [0.4, 0.5) is 5.69 Å². The SMILES string of the molecule is CNc1cc(C2CCCCC2)c(C)c2c1C(O)OC2. The number of aliphatic hydroxyl groups excluding tert-OH is 1. The highest BCUT2D eigenvalue weighted by Gasteiger charge is 2.29. The van der Waals surface area contributed by atoms with Crippen LogP contribution in [0, 0.1) is 6.92 Å².